The van der Waals surface area contributed by atoms with E-state index in [1.54, 1.807) is 0 Å². The molecule has 20 heavy (non-hydrogen) atoms. The van der Waals surface area contributed by atoms with E-state index in [4.69, 9.17) is 0 Å². The molecule has 104 valence electrons. The van der Waals surface area contributed by atoms with Crippen LogP contribution in [0.25, 0.3) is 0 Å². The van der Waals surface area contributed by atoms with E-state index in [-0.39, 0.29) is 5.56 Å². The van der Waals surface area contributed by atoms with Gasteiger partial charge in [0.25, 0.3) is 0 Å². The number of hydrogen-bond acceptors (Lipinski definition) is 5. The zero-order valence-electron chi connectivity index (χ0n) is 9.64. The Morgan fingerprint density at radius 3 is 2.45 bits per heavy atom. The predicted octanol–water partition coefficient (Wildman–Crippen LogP) is 1.99. The van der Waals surface area contributed by atoms with Crippen LogP contribution in [0, 0.1) is 0 Å². The van der Waals surface area contributed by atoms with Crippen molar-refractivity contribution in [2.24, 2.45) is 0 Å². The molecule has 0 aliphatic heterocycles. The van der Waals surface area contributed by atoms with Crippen molar-refractivity contribution >= 4 is 5.78 Å². The molecule has 0 spiro atoms. The van der Waals surface area contributed by atoms with Crippen LogP contribution in [-0.2, 0) is 6.18 Å². The van der Waals surface area contributed by atoms with Gasteiger partial charge in [-0.25, -0.2) is 4.79 Å². The van der Waals surface area contributed by atoms with E-state index >= 15 is 0 Å². The minimum Gasteiger partial charge on any atom is -0.507 e. The van der Waals surface area contributed by atoms with Crippen LogP contribution in [0.4, 0.5) is 13.2 Å². The smallest absolute Gasteiger partial charge is 0.433 e. The fraction of sp³-hybridized carbons (Fsp3) is 0.0833. The number of halogens is 3. The molecule has 0 unspecified atom stereocenters. The van der Waals surface area contributed by atoms with E-state index in [9.17, 15) is 27.9 Å². The first-order chi connectivity index (χ1) is 9.30. The van der Waals surface area contributed by atoms with E-state index in [1.807, 2.05) is 0 Å². The predicted molar refractivity (Wildman–Crippen MR) is 59.3 cm³/mol. The van der Waals surface area contributed by atoms with Gasteiger partial charge < -0.3 is 9.52 Å². The first-order valence-corrected chi connectivity index (χ1v) is 5.19. The van der Waals surface area contributed by atoms with Crippen molar-refractivity contribution in [2.75, 3.05) is 0 Å². The van der Waals surface area contributed by atoms with Gasteiger partial charge >= 0.3 is 11.8 Å². The summed E-state index contributed by atoms with van der Waals surface area (Å²) >= 11 is 0. The summed E-state index contributed by atoms with van der Waals surface area (Å²) in [6.45, 7) is 0. The van der Waals surface area contributed by atoms with Crippen molar-refractivity contribution < 1.29 is 27.5 Å². The lowest BCUT2D eigenvalue weighted by atomic mass is 10.1. The Bertz CT molecular complexity index is 704. The Balaban J connectivity index is 2.42. The summed E-state index contributed by atoms with van der Waals surface area (Å²) in [6.07, 6.45) is -3.06. The molecule has 0 atom stereocenters. The van der Waals surface area contributed by atoms with Crippen molar-refractivity contribution in [3.63, 3.8) is 0 Å². The second kappa shape index (κ2) is 4.80. The number of carbonyl (C=O) groups is 1. The molecule has 5 nitrogen and oxygen atoms in total. The molecule has 8 heteroatoms. The maximum atomic E-state index is 12.3. The summed E-state index contributed by atoms with van der Waals surface area (Å²) in [5.74, 6) is -1.59. The van der Waals surface area contributed by atoms with Crippen LogP contribution in [0.15, 0.2) is 39.9 Å². The molecule has 1 N–H and O–H groups in total. The van der Waals surface area contributed by atoms with Gasteiger partial charge in [-0.05, 0) is 12.1 Å². The normalized spacial score (nSPS) is 11.3. The van der Waals surface area contributed by atoms with Crippen LogP contribution in [-0.4, -0.2) is 15.9 Å². The van der Waals surface area contributed by atoms with Gasteiger partial charge in [0, 0.05) is 17.8 Å². The number of rotatable bonds is 2. The van der Waals surface area contributed by atoms with Crippen molar-refractivity contribution in [1.29, 1.82) is 0 Å². The zero-order valence-corrected chi connectivity index (χ0v) is 9.64. The standard InChI is InChI=1S/C12H6F3NO4/c13-12(14,15)8-2-1-6(5-16-8)10(18)9-7(17)3-4-20-11(9)19/h1-5,17H. The Hall–Kier alpha value is -2.64. The van der Waals surface area contributed by atoms with Crippen molar-refractivity contribution in [1.82, 2.24) is 4.98 Å². The third kappa shape index (κ3) is 2.53. The summed E-state index contributed by atoms with van der Waals surface area (Å²) in [5, 5.41) is 9.43. The maximum absolute atomic E-state index is 12.3. The topological polar surface area (TPSA) is 80.4 Å². The van der Waals surface area contributed by atoms with Crippen LogP contribution in [0.3, 0.4) is 0 Å². The minimum absolute atomic E-state index is 0.271. The lowest BCUT2D eigenvalue weighted by Gasteiger charge is -2.06. The van der Waals surface area contributed by atoms with Crippen molar-refractivity contribution in [2.45, 2.75) is 6.18 Å². The van der Waals surface area contributed by atoms with E-state index in [0.29, 0.717) is 12.3 Å². The van der Waals surface area contributed by atoms with Crippen LogP contribution >= 0.6 is 0 Å². The van der Waals surface area contributed by atoms with Gasteiger partial charge in [0.15, 0.2) is 0 Å². The van der Waals surface area contributed by atoms with E-state index in [0.717, 1.165) is 18.4 Å². The number of nitrogens with zero attached hydrogens (tertiary/aromatic N) is 1. The molecule has 0 saturated carbocycles. The Morgan fingerprint density at radius 2 is 1.95 bits per heavy atom. The highest BCUT2D eigenvalue weighted by Gasteiger charge is 2.32. The molecule has 2 aromatic heterocycles. The molecule has 0 amide bonds. The zero-order chi connectivity index (χ0) is 14.9. The van der Waals surface area contributed by atoms with Gasteiger partial charge in [0.1, 0.15) is 17.0 Å². The summed E-state index contributed by atoms with van der Waals surface area (Å²) < 4.78 is 41.4. The monoisotopic (exact) mass is 285 g/mol. The molecular formula is C12H6F3NO4. The quantitative estimate of drug-likeness (QED) is 0.853. The highest BCUT2D eigenvalue weighted by molar-refractivity contribution is 6.10. The van der Waals surface area contributed by atoms with Crippen molar-refractivity contribution in [3.8, 4) is 5.75 Å². The molecule has 0 aliphatic rings. The summed E-state index contributed by atoms with van der Waals surface area (Å²) in [5.41, 5.74) is -3.19. The fourth-order valence-electron chi connectivity index (χ4n) is 1.46. The van der Waals surface area contributed by atoms with E-state index in [1.165, 1.54) is 0 Å². The van der Waals surface area contributed by atoms with Gasteiger partial charge in [-0.3, -0.25) is 9.78 Å². The molecule has 0 fully saturated rings. The Labute approximate surface area is 109 Å². The molecular weight excluding hydrogens is 279 g/mol. The lowest BCUT2D eigenvalue weighted by molar-refractivity contribution is -0.141. The molecule has 0 saturated heterocycles. The molecule has 0 radical (unpaired) electrons. The van der Waals surface area contributed by atoms with Gasteiger partial charge in [0.2, 0.25) is 5.78 Å². The molecule has 0 aliphatic carbocycles. The molecule has 0 aromatic carbocycles. The molecule has 2 rings (SSSR count). The SMILES string of the molecule is O=C(c1ccc(C(F)(F)F)nc1)c1c(O)ccoc1=O. The molecule has 2 heterocycles. The first-order valence-electron chi connectivity index (χ1n) is 5.19. The number of hydrogen-bond donors (Lipinski definition) is 1. The van der Waals surface area contributed by atoms with Gasteiger partial charge in [0.05, 0.1) is 6.26 Å². The summed E-state index contributed by atoms with van der Waals surface area (Å²) in [6, 6.07) is 2.45. The average Bonchev–Trinajstić information content (AvgIpc) is 2.37. The number of alkyl halides is 3. The van der Waals surface area contributed by atoms with E-state index in [2.05, 4.69) is 9.40 Å². The van der Waals surface area contributed by atoms with Crippen LogP contribution in [0.5, 0.6) is 5.75 Å². The van der Waals surface area contributed by atoms with E-state index < -0.39 is 34.6 Å². The Kier molecular flexibility index (Phi) is 3.31. The number of aromatic hydroxyl groups is 1. The molecule has 0 bridgehead atoms. The maximum Gasteiger partial charge on any atom is 0.433 e. The lowest BCUT2D eigenvalue weighted by Crippen LogP contribution is -2.15. The van der Waals surface area contributed by atoms with Crippen molar-refractivity contribution in [3.05, 3.63) is 57.9 Å². The van der Waals surface area contributed by atoms with Gasteiger partial charge in [-0.15, -0.1) is 0 Å². The summed E-state index contributed by atoms with van der Waals surface area (Å²) in [7, 11) is 0. The third-order valence-corrected chi connectivity index (χ3v) is 2.40. The first kappa shape index (κ1) is 13.8. The number of ketones is 1. The fourth-order valence-corrected chi connectivity index (χ4v) is 1.46. The summed E-state index contributed by atoms with van der Waals surface area (Å²) in [4.78, 5) is 26.3. The highest BCUT2D eigenvalue weighted by Crippen LogP contribution is 2.27. The van der Waals surface area contributed by atoms with Gasteiger partial charge in [-0.2, -0.15) is 13.2 Å². The average molecular weight is 285 g/mol. The number of aromatic nitrogens is 1. The third-order valence-electron chi connectivity index (χ3n) is 2.40. The van der Waals surface area contributed by atoms with Crippen LogP contribution in [0.1, 0.15) is 21.6 Å². The second-order valence-corrected chi connectivity index (χ2v) is 3.73. The minimum atomic E-state index is -4.63. The highest BCUT2D eigenvalue weighted by atomic mass is 19.4. The van der Waals surface area contributed by atoms with Crippen LogP contribution in [0.2, 0.25) is 0 Å². The largest absolute Gasteiger partial charge is 0.507 e. The van der Waals surface area contributed by atoms with Gasteiger partial charge in [-0.1, -0.05) is 0 Å². The Morgan fingerprint density at radius 1 is 1.25 bits per heavy atom. The number of carbonyl (C=O) groups excluding carboxylic acids is 1. The number of pyridine rings is 1. The molecule has 2 aromatic rings. The second-order valence-electron chi connectivity index (χ2n) is 3.73. The van der Waals surface area contributed by atoms with Crippen LogP contribution < -0.4 is 5.63 Å².